The maximum absolute atomic E-state index is 11.1. The summed E-state index contributed by atoms with van der Waals surface area (Å²) >= 11 is 1.70. The van der Waals surface area contributed by atoms with E-state index < -0.39 is 0 Å². The first kappa shape index (κ1) is 18.8. The second-order valence-electron chi connectivity index (χ2n) is 5.26. The van der Waals surface area contributed by atoms with Crippen molar-refractivity contribution in [1.82, 2.24) is 10.6 Å². The Hall–Kier alpha value is -2.54. The number of aliphatic imine (C=N–C) groups is 1. The van der Waals surface area contributed by atoms with Crippen molar-refractivity contribution in [3.8, 4) is 5.75 Å². The van der Waals surface area contributed by atoms with Crippen LogP contribution in [-0.2, 0) is 11.3 Å². The molecule has 134 valence electrons. The number of anilines is 1. The Labute approximate surface area is 152 Å². The summed E-state index contributed by atoms with van der Waals surface area (Å²) < 4.78 is 5.71. The predicted molar refractivity (Wildman–Crippen MR) is 103 cm³/mol. The molecule has 0 fully saturated rings. The van der Waals surface area contributed by atoms with Crippen LogP contribution in [0.4, 0.5) is 5.69 Å². The summed E-state index contributed by atoms with van der Waals surface area (Å²) in [4.78, 5) is 16.9. The normalized spacial score (nSPS) is 11.0. The van der Waals surface area contributed by atoms with Gasteiger partial charge in [0.2, 0.25) is 5.91 Å². The van der Waals surface area contributed by atoms with Crippen LogP contribution in [0.3, 0.4) is 0 Å². The Morgan fingerprint density at radius 1 is 1.24 bits per heavy atom. The highest BCUT2D eigenvalue weighted by atomic mass is 32.1. The van der Waals surface area contributed by atoms with E-state index in [4.69, 9.17) is 4.74 Å². The average Bonchev–Trinajstić information content (AvgIpc) is 3.09. The zero-order chi connectivity index (χ0) is 17.9. The Morgan fingerprint density at radius 2 is 2.12 bits per heavy atom. The van der Waals surface area contributed by atoms with Gasteiger partial charge in [0.1, 0.15) is 12.4 Å². The molecule has 7 heteroatoms. The number of carbonyl (C=O) groups excluding carboxylic acids is 1. The molecule has 0 unspecified atom stereocenters. The molecular formula is C18H24N4O2S. The van der Waals surface area contributed by atoms with Gasteiger partial charge < -0.3 is 20.7 Å². The minimum atomic E-state index is -0.101. The minimum absolute atomic E-state index is 0.101. The fourth-order valence-electron chi connectivity index (χ4n) is 2.11. The van der Waals surface area contributed by atoms with Gasteiger partial charge in [-0.3, -0.25) is 4.79 Å². The Balaban J connectivity index is 1.77. The molecule has 6 nitrogen and oxygen atoms in total. The Morgan fingerprint density at radius 3 is 2.84 bits per heavy atom. The van der Waals surface area contributed by atoms with Crippen LogP contribution in [-0.4, -0.2) is 31.6 Å². The lowest BCUT2D eigenvalue weighted by Crippen LogP contribution is -2.39. The van der Waals surface area contributed by atoms with Gasteiger partial charge in [0.25, 0.3) is 0 Å². The van der Waals surface area contributed by atoms with Gasteiger partial charge in [-0.15, -0.1) is 11.3 Å². The molecule has 0 atom stereocenters. The highest BCUT2D eigenvalue weighted by Gasteiger charge is 2.01. The fraction of sp³-hybridized carbons (Fsp3) is 0.333. The number of nitrogens with one attached hydrogen (secondary N) is 3. The molecule has 0 aliphatic rings. The first-order valence-corrected chi connectivity index (χ1v) is 9.10. The van der Waals surface area contributed by atoms with Crippen molar-refractivity contribution >= 4 is 28.9 Å². The zero-order valence-corrected chi connectivity index (χ0v) is 15.4. The van der Waals surface area contributed by atoms with Crippen molar-refractivity contribution in [3.05, 3.63) is 46.7 Å². The largest absolute Gasteiger partial charge is 0.492 e. The molecule has 0 aliphatic carbocycles. The monoisotopic (exact) mass is 360 g/mol. The molecule has 0 saturated heterocycles. The van der Waals surface area contributed by atoms with E-state index in [1.54, 1.807) is 17.4 Å². The van der Waals surface area contributed by atoms with Gasteiger partial charge in [0, 0.05) is 30.1 Å². The number of benzene rings is 1. The molecule has 1 aromatic heterocycles. The summed E-state index contributed by atoms with van der Waals surface area (Å²) in [6, 6.07) is 11.4. The van der Waals surface area contributed by atoms with E-state index in [-0.39, 0.29) is 5.91 Å². The van der Waals surface area contributed by atoms with E-state index >= 15 is 0 Å². The molecule has 0 bridgehead atoms. The molecule has 2 aromatic rings. The molecule has 1 aromatic carbocycles. The number of rotatable bonds is 8. The van der Waals surface area contributed by atoms with Crippen LogP contribution < -0.4 is 20.7 Å². The third-order valence-electron chi connectivity index (χ3n) is 3.13. The number of thiophene rings is 1. The lowest BCUT2D eigenvalue weighted by atomic mass is 10.3. The maximum atomic E-state index is 11.1. The molecule has 1 heterocycles. The SMILES string of the molecule is CCNC(=NCc1cccs1)NCCOc1cccc(NC(C)=O)c1. The van der Waals surface area contributed by atoms with Crippen molar-refractivity contribution in [2.24, 2.45) is 4.99 Å². The number of nitrogens with zero attached hydrogens (tertiary/aromatic N) is 1. The van der Waals surface area contributed by atoms with Gasteiger partial charge in [-0.25, -0.2) is 4.99 Å². The highest BCUT2D eigenvalue weighted by Crippen LogP contribution is 2.17. The van der Waals surface area contributed by atoms with Gasteiger partial charge in [-0.1, -0.05) is 12.1 Å². The van der Waals surface area contributed by atoms with Crippen LogP contribution in [0.5, 0.6) is 5.75 Å². The molecule has 0 spiro atoms. The highest BCUT2D eigenvalue weighted by molar-refractivity contribution is 7.09. The van der Waals surface area contributed by atoms with Gasteiger partial charge in [-0.05, 0) is 30.5 Å². The molecule has 3 N–H and O–H groups in total. The van der Waals surface area contributed by atoms with E-state index in [9.17, 15) is 4.79 Å². The first-order chi connectivity index (χ1) is 12.2. The number of hydrogen-bond acceptors (Lipinski definition) is 4. The third-order valence-corrected chi connectivity index (χ3v) is 4.00. The molecular weight excluding hydrogens is 336 g/mol. The van der Waals surface area contributed by atoms with Crippen molar-refractivity contribution in [2.75, 3.05) is 25.0 Å². The summed E-state index contributed by atoms with van der Waals surface area (Å²) in [5.41, 5.74) is 0.726. The molecule has 2 rings (SSSR count). The van der Waals surface area contributed by atoms with Crippen LogP contribution in [0.15, 0.2) is 46.8 Å². The van der Waals surface area contributed by atoms with E-state index in [1.165, 1.54) is 11.8 Å². The van der Waals surface area contributed by atoms with E-state index in [2.05, 4.69) is 27.0 Å². The Kier molecular flexibility index (Phi) is 7.78. The predicted octanol–water partition coefficient (Wildman–Crippen LogP) is 2.84. The molecule has 1 amide bonds. The van der Waals surface area contributed by atoms with E-state index in [1.807, 2.05) is 36.6 Å². The average molecular weight is 360 g/mol. The first-order valence-electron chi connectivity index (χ1n) is 8.22. The number of carbonyl (C=O) groups is 1. The number of ether oxygens (including phenoxy) is 1. The summed E-state index contributed by atoms with van der Waals surface area (Å²) in [5, 5.41) is 11.3. The van der Waals surface area contributed by atoms with Gasteiger partial charge in [0.05, 0.1) is 13.1 Å². The van der Waals surface area contributed by atoms with Gasteiger partial charge in [-0.2, -0.15) is 0 Å². The van der Waals surface area contributed by atoms with E-state index in [0.29, 0.717) is 25.4 Å². The molecule has 0 radical (unpaired) electrons. The smallest absolute Gasteiger partial charge is 0.221 e. The van der Waals surface area contributed by atoms with Crippen molar-refractivity contribution in [2.45, 2.75) is 20.4 Å². The van der Waals surface area contributed by atoms with Crippen LogP contribution in [0.2, 0.25) is 0 Å². The van der Waals surface area contributed by atoms with Crippen molar-refractivity contribution in [1.29, 1.82) is 0 Å². The van der Waals surface area contributed by atoms with Crippen LogP contribution >= 0.6 is 11.3 Å². The number of guanidine groups is 1. The molecule has 25 heavy (non-hydrogen) atoms. The maximum Gasteiger partial charge on any atom is 0.221 e. The third kappa shape index (κ3) is 7.26. The van der Waals surface area contributed by atoms with Crippen molar-refractivity contribution < 1.29 is 9.53 Å². The quantitative estimate of drug-likeness (QED) is 0.384. The summed E-state index contributed by atoms with van der Waals surface area (Å²) in [5.74, 6) is 1.39. The summed E-state index contributed by atoms with van der Waals surface area (Å²) in [7, 11) is 0. The van der Waals surface area contributed by atoms with Crippen LogP contribution in [0, 0.1) is 0 Å². The number of amides is 1. The van der Waals surface area contributed by atoms with Crippen molar-refractivity contribution in [3.63, 3.8) is 0 Å². The second kappa shape index (κ2) is 10.4. The van der Waals surface area contributed by atoms with E-state index in [0.717, 1.165) is 18.2 Å². The standard InChI is InChI=1S/C18H24N4O2S/c1-3-19-18(21-13-17-8-5-11-25-17)20-9-10-24-16-7-4-6-15(12-16)22-14(2)23/h4-8,11-12H,3,9-10,13H2,1-2H3,(H,22,23)(H2,19,20,21). The van der Waals surface area contributed by atoms with Crippen LogP contribution in [0.1, 0.15) is 18.7 Å². The fourth-order valence-corrected chi connectivity index (χ4v) is 2.73. The Bertz CT molecular complexity index is 686. The lowest BCUT2D eigenvalue weighted by Gasteiger charge is -2.12. The van der Waals surface area contributed by atoms with Crippen LogP contribution in [0.25, 0.3) is 0 Å². The summed E-state index contributed by atoms with van der Waals surface area (Å²) in [6.45, 7) is 6.09. The molecule has 0 saturated carbocycles. The van der Waals surface area contributed by atoms with Gasteiger partial charge >= 0.3 is 0 Å². The second-order valence-corrected chi connectivity index (χ2v) is 6.29. The number of hydrogen-bond donors (Lipinski definition) is 3. The minimum Gasteiger partial charge on any atom is -0.492 e. The zero-order valence-electron chi connectivity index (χ0n) is 14.5. The molecule has 0 aliphatic heterocycles. The lowest BCUT2D eigenvalue weighted by molar-refractivity contribution is -0.114. The topological polar surface area (TPSA) is 74.8 Å². The summed E-state index contributed by atoms with van der Waals surface area (Å²) in [6.07, 6.45) is 0. The van der Waals surface area contributed by atoms with Gasteiger partial charge in [0.15, 0.2) is 5.96 Å².